The maximum Gasteiger partial charge on any atom is 0.306 e. The third-order valence-corrected chi connectivity index (χ3v) is 13.5. The molecular formula is C60H113NO5. The second kappa shape index (κ2) is 54.0. The van der Waals surface area contributed by atoms with Crippen LogP contribution in [0.4, 0.5) is 0 Å². The predicted octanol–water partition coefficient (Wildman–Crippen LogP) is 18.0. The van der Waals surface area contributed by atoms with Crippen molar-refractivity contribution < 1.29 is 24.5 Å². The molecule has 3 atom stereocenters. The van der Waals surface area contributed by atoms with E-state index in [2.05, 4.69) is 62.5 Å². The number of unbranched alkanes of at least 4 members (excludes halogenated alkanes) is 36. The zero-order valence-corrected chi connectivity index (χ0v) is 44.3. The Bertz CT molecular complexity index is 1090. The number of hydrogen-bond acceptors (Lipinski definition) is 5. The van der Waals surface area contributed by atoms with E-state index < -0.39 is 18.2 Å². The summed E-state index contributed by atoms with van der Waals surface area (Å²) in [4.78, 5) is 26.3. The molecule has 0 aromatic carbocycles. The third kappa shape index (κ3) is 48.5. The molecule has 6 heteroatoms. The second-order valence-corrected chi connectivity index (χ2v) is 20.1. The Hall–Kier alpha value is -1.92. The molecule has 0 spiro atoms. The van der Waals surface area contributed by atoms with E-state index in [4.69, 9.17) is 4.74 Å². The van der Waals surface area contributed by atoms with Gasteiger partial charge in [0.2, 0.25) is 5.91 Å². The van der Waals surface area contributed by atoms with Crippen LogP contribution in [0, 0.1) is 0 Å². The number of amides is 1. The second-order valence-electron chi connectivity index (χ2n) is 20.1. The van der Waals surface area contributed by atoms with Crippen molar-refractivity contribution in [1.29, 1.82) is 0 Å². The molecule has 388 valence electrons. The molecule has 0 bridgehead atoms. The topological polar surface area (TPSA) is 95.9 Å². The average Bonchev–Trinajstić information content (AvgIpc) is 3.31. The van der Waals surface area contributed by atoms with Gasteiger partial charge in [-0.2, -0.15) is 0 Å². The van der Waals surface area contributed by atoms with Gasteiger partial charge in [0.05, 0.1) is 25.2 Å². The highest BCUT2D eigenvalue weighted by Crippen LogP contribution is 2.18. The Morgan fingerprint density at radius 1 is 0.439 bits per heavy atom. The lowest BCUT2D eigenvalue weighted by atomic mass is 10.0. The van der Waals surface area contributed by atoms with Crippen LogP contribution >= 0.6 is 0 Å². The first-order chi connectivity index (χ1) is 32.5. The van der Waals surface area contributed by atoms with Crippen LogP contribution in [0.3, 0.4) is 0 Å². The number of rotatable bonds is 53. The third-order valence-electron chi connectivity index (χ3n) is 13.5. The molecule has 0 aromatic heterocycles. The lowest BCUT2D eigenvalue weighted by Crippen LogP contribution is -2.46. The predicted molar refractivity (Wildman–Crippen MR) is 287 cm³/mol. The molecule has 6 nitrogen and oxygen atoms in total. The van der Waals surface area contributed by atoms with Crippen LogP contribution in [0.25, 0.3) is 0 Å². The maximum absolute atomic E-state index is 13.3. The van der Waals surface area contributed by atoms with Crippen LogP contribution in [0.2, 0.25) is 0 Å². The molecular weight excluding hydrogens is 815 g/mol. The van der Waals surface area contributed by atoms with E-state index in [-0.39, 0.29) is 24.9 Å². The van der Waals surface area contributed by atoms with E-state index in [9.17, 15) is 19.8 Å². The minimum atomic E-state index is -0.793. The Labute approximate surface area is 411 Å². The van der Waals surface area contributed by atoms with Gasteiger partial charge < -0.3 is 20.3 Å². The number of aliphatic hydroxyl groups excluding tert-OH is 2. The summed E-state index contributed by atoms with van der Waals surface area (Å²) in [5.41, 5.74) is 0. The zero-order valence-electron chi connectivity index (χ0n) is 44.3. The van der Waals surface area contributed by atoms with E-state index in [0.717, 1.165) is 77.0 Å². The Morgan fingerprint density at radius 2 is 0.773 bits per heavy atom. The highest BCUT2D eigenvalue weighted by atomic mass is 16.5. The number of aliphatic hydroxyl groups is 2. The van der Waals surface area contributed by atoms with E-state index >= 15 is 0 Å². The smallest absolute Gasteiger partial charge is 0.306 e. The lowest BCUT2D eigenvalue weighted by molar-refractivity contribution is -0.151. The van der Waals surface area contributed by atoms with Gasteiger partial charge in [0, 0.05) is 6.42 Å². The van der Waals surface area contributed by atoms with Crippen LogP contribution in [-0.2, 0) is 14.3 Å². The van der Waals surface area contributed by atoms with Crippen molar-refractivity contribution in [3.8, 4) is 0 Å². The van der Waals surface area contributed by atoms with Gasteiger partial charge in [-0.1, -0.05) is 256 Å². The van der Waals surface area contributed by atoms with Crippen LogP contribution in [0.15, 0.2) is 36.5 Å². The number of carbonyl (C=O) groups is 2. The van der Waals surface area contributed by atoms with Gasteiger partial charge >= 0.3 is 5.97 Å². The Morgan fingerprint density at radius 3 is 1.18 bits per heavy atom. The molecule has 0 aromatic rings. The average molecular weight is 929 g/mol. The lowest BCUT2D eigenvalue weighted by Gasteiger charge is -2.24. The highest BCUT2D eigenvalue weighted by molar-refractivity contribution is 5.77. The van der Waals surface area contributed by atoms with Gasteiger partial charge in [0.25, 0.3) is 0 Å². The molecule has 0 heterocycles. The van der Waals surface area contributed by atoms with Crippen molar-refractivity contribution in [2.75, 3.05) is 6.61 Å². The van der Waals surface area contributed by atoms with Crippen molar-refractivity contribution in [3.05, 3.63) is 36.5 Å². The van der Waals surface area contributed by atoms with Gasteiger partial charge in [0.1, 0.15) is 6.10 Å². The fraction of sp³-hybridized carbons (Fsp3) is 0.867. The van der Waals surface area contributed by atoms with Crippen LogP contribution in [0.5, 0.6) is 0 Å². The van der Waals surface area contributed by atoms with Crippen LogP contribution in [0.1, 0.15) is 310 Å². The summed E-state index contributed by atoms with van der Waals surface area (Å²) in [5, 5.41) is 23.9. The summed E-state index contributed by atoms with van der Waals surface area (Å²) in [6.07, 6.45) is 64.9. The molecule has 3 N–H and O–H groups in total. The summed E-state index contributed by atoms with van der Waals surface area (Å²) in [5.74, 6) is -0.493. The number of esters is 1. The van der Waals surface area contributed by atoms with E-state index in [1.54, 1.807) is 0 Å². The Balaban J connectivity index is 4.56. The van der Waals surface area contributed by atoms with Gasteiger partial charge in [-0.25, -0.2) is 0 Å². The first kappa shape index (κ1) is 64.1. The van der Waals surface area contributed by atoms with Crippen LogP contribution in [-0.4, -0.2) is 46.9 Å². The maximum atomic E-state index is 13.3. The quantitative estimate of drug-likeness (QED) is 0.0244. The molecule has 0 fully saturated rings. The summed E-state index contributed by atoms with van der Waals surface area (Å²) in [7, 11) is 0. The van der Waals surface area contributed by atoms with Crippen molar-refractivity contribution in [2.45, 2.75) is 328 Å². The number of allylic oxidation sites excluding steroid dienone is 6. The summed E-state index contributed by atoms with van der Waals surface area (Å²) >= 11 is 0. The minimum Gasteiger partial charge on any atom is -0.462 e. The fourth-order valence-corrected chi connectivity index (χ4v) is 9.01. The SMILES string of the molecule is CCCCCCCCC/C=C/C=C/CCCCCCCC(=O)OC(CCCCC/C=C/CCCCCCCCC)CC(=O)NC(CO)C(O)CCCCCCCCCCCCCCCCC. The molecule has 1 amide bonds. The summed E-state index contributed by atoms with van der Waals surface area (Å²) < 4.78 is 5.95. The van der Waals surface area contributed by atoms with Crippen molar-refractivity contribution in [3.63, 3.8) is 0 Å². The van der Waals surface area contributed by atoms with Gasteiger partial charge in [-0.15, -0.1) is 0 Å². The first-order valence-corrected chi connectivity index (χ1v) is 29.2. The summed E-state index contributed by atoms with van der Waals surface area (Å²) in [6.45, 7) is 6.50. The molecule has 0 radical (unpaired) electrons. The fourth-order valence-electron chi connectivity index (χ4n) is 9.01. The van der Waals surface area contributed by atoms with Gasteiger partial charge in [-0.3, -0.25) is 9.59 Å². The van der Waals surface area contributed by atoms with Crippen molar-refractivity contribution in [2.24, 2.45) is 0 Å². The largest absolute Gasteiger partial charge is 0.462 e. The molecule has 0 saturated heterocycles. The molecule has 3 unspecified atom stereocenters. The monoisotopic (exact) mass is 928 g/mol. The normalized spacial score (nSPS) is 13.3. The molecule has 66 heavy (non-hydrogen) atoms. The Kier molecular flexibility index (Phi) is 52.5. The first-order valence-electron chi connectivity index (χ1n) is 29.2. The summed E-state index contributed by atoms with van der Waals surface area (Å²) in [6, 6.07) is -0.708. The van der Waals surface area contributed by atoms with E-state index in [1.165, 1.54) is 186 Å². The van der Waals surface area contributed by atoms with Crippen molar-refractivity contribution in [1.82, 2.24) is 5.32 Å². The van der Waals surface area contributed by atoms with E-state index in [1.807, 2.05) is 0 Å². The standard InChI is InChI=1S/C60H113NO5/c1-4-7-10-13-16-19-22-25-28-29-30-32-35-38-41-44-47-50-53-60(65)66-56(51-48-45-42-39-36-33-27-24-21-18-15-12-9-6-3)54-59(64)61-57(55-62)58(63)52-49-46-43-40-37-34-31-26-23-20-17-14-11-8-5-2/h28-30,32-33,36,56-58,62-63H,4-27,31,34-35,37-55H2,1-3H3,(H,61,64)/b29-28+,32-30+,36-33+. The minimum absolute atomic E-state index is 0.0636. The molecule has 0 aliphatic rings. The zero-order chi connectivity index (χ0) is 48.1. The van der Waals surface area contributed by atoms with E-state index in [0.29, 0.717) is 19.3 Å². The number of hydrogen-bond donors (Lipinski definition) is 3. The highest BCUT2D eigenvalue weighted by Gasteiger charge is 2.24. The van der Waals surface area contributed by atoms with Gasteiger partial charge in [0.15, 0.2) is 0 Å². The number of ether oxygens (including phenoxy) is 1. The van der Waals surface area contributed by atoms with Gasteiger partial charge in [-0.05, 0) is 77.0 Å². The molecule has 0 rings (SSSR count). The molecule has 0 saturated carbocycles. The number of carbonyl (C=O) groups excluding carboxylic acids is 2. The molecule has 0 aliphatic heterocycles. The molecule has 0 aliphatic carbocycles. The van der Waals surface area contributed by atoms with Crippen molar-refractivity contribution >= 4 is 11.9 Å². The number of nitrogens with one attached hydrogen (secondary N) is 1. The van der Waals surface area contributed by atoms with Crippen LogP contribution < -0.4 is 5.32 Å².